The lowest BCUT2D eigenvalue weighted by Gasteiger charge is -2.13. The molecule has 0 unspecified atom stereocenters. The van der Waals surface area contributed by atoms with Crippen molar-refractivity contribution in [3.63, 3.8) is 0 Å². The third-order valence-corrected chi connectivity index (χ3v) is 14.9. The van der Waals surface area contributed by atoms with Crippen molar-refractivity contribution in [2.24, 2.45) is 0 Å². The van der Waals surface area contributed by atoms with Crippen molar-refractivity contribution >= 4 is 94.0 Å². The molecule has 0 saturated carbocycles. The summed E-state index contributed by atoms with van der Waals surface area (Å²) in [6.07, 6.45) is 0. The van der Waals surface area contributed by atoms with Gasteiger partial charge in [0.25, 0.3) is 0 Å². The lowest BCUT2D eigenvalue weighted by Crippen LogP contribution is -2.27. The largest absolute Gasteiger partial charge is 0.462 e. The summed E-state index contributed by atoms with van der Waals surface area (Å²) in [5, 5.41) is 0. The number of carbonyl (C=O) groups excluding carboxylic acids is 16. The lowest BCUT2D eigenvalue weighted by molar-refractivity contribution is -0.141. The summed E-state index contributed by atoms with van der Waals surface area (Å²) in [5.74, 6) is -14.7. The van der Waals surface area contributed by atoms with E-state index in [2.05, 4.69) is 0 Å². The van der Waals surface area contributed by atoms with Gasteiger partial charge in [0, 0.05) is 44.5 Å². The van der Waals surface area contributed by atoms with Crippen molar-refractivity contribution < 1.29 is 115 Å². The fourth-order valence-electron chi connectivity index (χ4n) is 9.96. The molecule has 24 nitrogen and oxygen atoms in total. The van der Waals surface area contributed by atoms with E-state index in [0.29, 0.717) is 0 Å². The zero-order valence-electron chi connectivity index (χ0n) is 62.5. The quantitative estimate of drug-likeness (QED) is 0.00943. The van der Waals surface area contributed by atoms with Crippen molar-refractivity contribution in [2.45, 2.75) is 55.4 Å². The number of ether oxygens (including phenoxy) is 8. The van der Waals surface area contributed by atoms with Gasteiger partial charge in [-0.3, -0.25) is 38.4 Å². The van der Waals surface area contributed by atoms with Gasteiger partial charge >= 0.3 is 47.8 Å². The SMILES string of the molecule is CCOC(=O)/C(C(=O)c1ccccc1)=C(/C(=O)OCC)C(=O)c1ccccc1.CCOC(=O)/C(C(=O)c1ccccc1)=C(/C(=O)OCC)C(=O)c1ccccc1.CCOC(=O)/C(C(=O)c1ccccc1)=C(/C(=O)OCC)C(=O)c1ccccc1.CCOC(=O)/C(C(=O)c1ccccc1)=C(/C(=O)OCC)C(=O)c1ccccc1. The van der Waals surface area contributed by atoms with Crippen LogP contribution in [0.5, 0.6) is 0 Å². The maximum Gasteiger partial charge on any atom is 0.343 e. The molecule has 0 saturated heterocycles. The molecule has 112 heavy (non-hydrogen) atoms. The summed E-state index contributed by atoms with van der Waals surface area (Å²) < 4.78 is 39.7. The Balaban J connectivity index is 0.000000267. The molecule has 0 aliphatic rings. The van der Waals surface area contributed by atoms with Crippen LogP contribution >= 0.6 is 0 Å². The number of benzene rings is 8. The molecule has 0 spiro atoms. The maximum absolute atomic E-state index is 13.0. The first kappa shape index (κ1) is 88.5. The summed E-state index contributed by atoms with van der Waals surface area (Å²) in [6.45, 7) is 12.3. The Morgan fingerprint density at radius 1 is 0.152 bits per heavy atom. The van der Waals surface area contributed by atoms with Gasteiger partial charge < -0.3 is 37.9 Å². The zero-order valence-corrected chi connectivity index (χ0v) is 62.5. The fraction of sp³-hybridized carbons (Fsp3) is 0.182. The van der Waals surface area contributed by atoms with Crippen LogP contribution in [0, 0.1) is 0 Å². The smallest absolute Gasteiger partial charge is 0.343 e. The van der Waals surface area contributed by atoms with Gasteiger partial charge in [-0.05, 0) is 55.4 Å². The minimum atomic E-state index is -1.05. The van der Waals surface area contributed by atoms with E-state index in [4.69, 9.17) is 37.9 Å². The molecule has 576 valence electrons. The minimum Gasteiger partial charge on any atom is -0.462 e. The van der Waals surface area contributed by atoms with Crippen LogP contribution in [-0.2, 0) is 76.3 Å². The first-order chi connectivity index (χ1) is 54.0. The topological polar surface area (TPSA) is 347 Å². The van der Waals surface area contributed by atoms with E-state index < -0.39 is 139 Å². The molecule has 0 heterocycles. The predicted molar refractivity (Wildman–Crippen MR) is 407 cm³/mol. The van der Waals surface area contributed by atoms with E-state index >= 15 is 0 Å². The summed E-state index contributed by atoms with van der Waals surface area (Å²) in [5.41, 5.74) is -3.94. The predicted octanol–water partition coefficient (Wildman–Crippen LogP) is 12.7. The summed E-state index contributed by atoms with van der Waals surface area (Å²) in [7, 11) is 0. The van der Waals surface area contributed by atoms with E-state index in [9.17, 15) is 76.7 Å². The summed E-state index contributed by atoms with van der Waals surface area (Å²) in [6, 6.07) is 63.1. The Kier molecular flexibility index (Phi) is 37.0. The van der Waals surface area contributed by atoms with E-state index in [1.165, 1.54) is 97.1 Å². The van der Waals surface area contributed by atoms with E-state index in [0.717, 1.165) is 0 Å². The molecule has 0 N–H and O–H groups in total. The third-order valence-electron chi connectivity index (χ3n) is 14.9. The number of carbonyl (C=O) groups is 16. The van der Waals surface area contributed by atoms with Crippen LogP contribution in [0.2, 0.25) is 0 Å². The summed E-state index contributed by atoms with van der Waals surface area (Å²) in [4.78, 5) is 205. The Bertz CT molecular complexity index is 3900. The molecule has 24 heteroatoms. The second kappa shape index (κ2) is 46.8. The van der Waals surface area contributed by atoms with E-state index in [1.807, 2.05) is 0 Å². The molecule has 0 aliphatic heterocycles. The zero-order chi connectivity index (χ0) is 82.1. The molecular weight excluding hydrogens is 1440 g/mol. The highest BCUT2D eigenvalue weighted by Crippen LogP contribution is 2.26. The molecule has 8 rings (SSSR count). The average molecular weight is 1520 g/mol. The minimum absolute atomic E-state index is 0.0277. The van der Waals surface area contributed by atoms with Crippen molar-refractivity contribution in [2.75, 3.05) is 52.9 Å². The molecule has 0 aromatic heterocycles. The molecule has 0 fully saturated rings. The lowest BCUT2D eigenvalue weighted by atomic mass is 9.93. The van der Waals surface area contributed by atoms with Gasteiger partial charge in [0.15, 0.2) is 0 Å². The number of esters is 8. The van der Waals surface area contributed by atoms with Crippen molar-refractivity contribution in [1.82, 2.24) is 0 Å². The highest BCUT2D eigenvalue weighted by molar-refractivity contribution is 6.40. The molecule has 0 aliphatic carbocycles. The van der Waals surface area contributed by atoms with Gasteiger partial charge in [0.1, 0.15) is 44.6 Å². The normalized spacial score (nSPS) is 11.2. The van der Waals surface area contributed by atoms with Gasteiger partial charge in [-0.15, -0.1) is 0 Å². The van der Waals surface area contributed by atoms with Gasteiger partial charge in [-0.2, -0.15) is 0 Å². The monoisotopic (exact) mass is 1520 g/mol. The van der Waals surface area contributed by atoms with Gasteiger partial charge in [-0.25, -0.2) is 38.4 Å². The van der Waals surface area contributed by atoms with E-state index in [1.54, 1.807) is 201 Å². The third kappa shape index (κ3) is 25.0. The van der Waals surface area contributed by atoms with Crippen molar-refractivity contribution in [3.05, 3.63) is 332 Å². The second-order valence-electron chi connectivity index (χ2n) is 22.3. The standard InChI is InChI=1S/4C22H20O6/c4*1-3-27-21(25)17(19(23)15-11-7-5-8-12-15)18(22(26)28-4-2)20(24)16-13-9-6-10-14-16/h4*5-14H,3-4H2,1-2H3/b4*18-17+. The maximum atomic E-state index is 13.0. The number of rotatable bonds is 32. The molecule has 8 aromatic rings. The second-order valence-corrected chi connectivity index (χ2v) is 22.3. The molecular formula is C88H80O24. The Morgan fingerprint density at radius 2 is 0.232 bits per heavy atom. The number of hydrogen-bond donors (Lipinski definition) is 0. The first-order valence-corrected chi connectivity index (χ1v) is 35.2. The van der Waals surface area contributed by atoms with Crippen LogP contribution < -0.4 is 0 Å². The molecule has 0 amide bonds. The van der Waals surface area contributed by atoms with Gasteiger partial charge in [0.05, 0.1) is 52.9 Å². The Morgan fingerprint density at radius 3 is 0.304 bits per heavy atom. The molecule has 0 bridgehead atoms. The van der Waals surface area contributed by atoms with Crippen LogP contribution in [0.4, 0.5) is 0 Å². The number of Topliss-reactive ketones (excluding diaryl/α,β-unsaturated/α-hetero) is 8. The Labute approximate surface area is 645 Å². The molecule has 8 aromatic carbocycles. The van der Waals surface area contributed by atoms with Crippen LogP contribution in [0.1, 0.15) is 138 Å². The highest BCUT2D eigenvalue weighted by atomic mass is 16.6. The fourth-order valence-corrected chi connectivity index (χ4v) is 9.96. The molecule has 0 atom stereocenters. The first-order valence-electron chi connectivity index (χ1n) is 35.2. The van der Waals surface area contributed by atoms with Crippen molar-refractivity contribution in [3.8, 4) is 0 Å². The molecule has 0 radical (unpaired) electrons. The Hall–Kier alpha value is -14.2. The van der Waals surface area contributed by atoms with Crippen LogP contribution in [0.15, 0.2) is 287 Å². The van der Waals surface area contributed by atoms with Gasteiger partial charge in [-0.1, -0.05) is 243 Å². The highest BCUT2D eigenvalue weighted by Gasteiger charge is 2.39. The number of hydrogen-bond acceptors (Lipinski definition) is 24. The average Bonchev–Trinajstić information content (AvgIpc) is 0.816. The van der Waals surface area contributed by atoms with E-state index in [-0.39, 0.29) is 97.4 Å². The van der Waals surface area contributed by atoms with Crippen LogP contribution in [0.25, 0.3) is 0 Å². The van der Waals surface area contributed by atoms with Crippen LogP contribution in [0.3, 0.4) is 0 Å². The number of ketones is 8. The van der Waals surface area contributed by atoms with Crippen LogP contribution in [-0.4, -0.2) is 147 Å². The van der Waals surface area contributed by atoms with Gasteiger partial charge in [0.2, 0.25) is 46.3 Å². The van der Waals surface area contributed by atoms with Crippen molar-refractivity contribution in [1.29, 1.82) is 0 Å². The summed E-state index contributed by atoms with van der Waals surface area (Å²) >= 11 is 0.